The summed E-state index contributed by atoms with van der Waals surface area (Å²) >= 11 is 0. The van der Waals surface area contributed by atoms with E-state index in [4.69, 9.17) is 4.74 Å². The van der Waals surface area contributed by atoms with Crippen LogP contribution in [0.1, 0.15) is 84.0 Å². The third-order valence-electron chi connectivity index (χ3n) is 8.91. The van der Waals surface area contributed by atoms with Gasteiger partial charge in [-0.15, -0.1) is 0 Å². The van der Waals surface area contributed by atoms with Crippen LogP contribution in [-0.4, -0.2) is 13.1 Å². The Hall–Kier alpha value is -1.91. The zero-order valence-corrected chi connectivity index (χ0v) is 20.7. The molecule has 1 aromatic rings. The van der Waals surface area contributed by atoms with Gasteiger partial charge in [0, 0.05) is 12.1 Å². The molecule has 0 spiro atoms. The fourth-order valence-electron chi connectivity index (χ4n) is 7.03. The molecule has 0 aromatic heterocycles. The minimum Gasteiger partial charge on any atom is -0.491 e. The van der Waals surface area contributed by atoms with Gasteiger partial charge in [0.1, 0.15) is 5.75 Å². The number of halogens is 2. The lowest BCUT2D eigenvalue weighted by Gasteiger charge is -2.45. The Labute approximate surface area is 203 Å². The van der Waals surface area contributed by atoms with Gasteiger partial charge in [0.05, 0.1) is 13.0 Å². The molecule has 0 heterocycles. The molecular formula is C29H40F2O3. The van der Waals surface area contributed by atoms with Crippen LogP contribution in [0.5, 0.6) is 11.5 Å². The molecule has 0 N–H and O–H groups in total. The predicted octanol–water partition coefficient (Wildman–Crippen LogP) is 7.87. The summed E-state index contributed by atoms with van der Waals surface area (Å²) in [6.07, 6.45) is 19.1. The molecule has 3 fully saturated rings. The van der Waals surface area contributed by atoms with Gasteiger partial charge in [-0.1, -0.05) is 18.6 Å². The maximum Gasteiger partial charge on any atom is 0.314 e. The summed E-state index contributed by atoms with van der Waals surface area (Å²) in [5.41, 5.74) is 0. The lowest BCUT2D eigenvalue weighted by atomic mass is 9.60. The first-order valence-electron chi connectivity index (χ1n) is 13.3. The molecular weight excluding hydrogens is 434 g/mol. The van der Waals surface area contributed by atoms with Crippen LogP contribution in [0.4, 0.5) is 8.78 Å². The van der Waals surface area contributed by atoms with E-state index in [-0.39, 0.29) is 17.6 Å². The normalized spacial score (nSPS) is 31.8. The van der Waals surface area contributed by atoms with Crippen LogP contribution in [-0.2, 0) is 4.79 Å². The van der Waals surface area contributed by atoms with E-state index >= 15 is 0 Å². The van der Waals surface area contributed by atoms with Gasteiger partial charge < -0.3 is 9.47 Å². The smallest absolute Gasteiger partial charge is 0.314 e. The molecule has 3 aliphatic rings. The van der Waals surface area contributed by atoms with Crippen LogP contribution in [0.3, 0.4) is 0 Å². The van der Waals surface area contributed by atoms with E-state index in [0.29, 0.717) is 5.92 Å². The molecule has 1 aromatic carbocycles. The fourth-order valence-corrected chi connectivity index (χ4v) is 7.03. The molecule has 34 heavy (non-hydrogen) atoms. The van der Waals surface area contributed by atoms with Gasteiger partial charge in [-0.25, -0.2) is 8.78 Å². The number of carbonyl (C=O) groups is 1. The Bertz CT molecular complexity index is 836. The van der Waals surface area contributed by atoms with Crippen molar-refractivity contribution in [2.24, 2.45) is 35.5 Å². The first-order valence-corrected chi connectivity index (χ1v) is 13.3. The number of hydrogen-bond acceptors (Lipinski definition) is 3. The van der Waals surface area contributed by atoms with Crippen molar-refractivity contribution >= 4 is 5.97 Å². The first kappa shape index (κ1) is 25.2. The average Bonchev–Trinajstić information content (AvgIpc) is 2.84. The van der Waals surface area contributed by atoms with Crippen molar-refractivity contribution < 1.29 is 23.0 Å². The summed E-state index contributed by atoms with van der Waals surface area (Å²) in [6.45, 7) is 2.11. The number of hydrogen-bond donors (Lipinski definition) is 0. The molecule has 4 unspecified atom stereocenters. The van der Waals surface area contributed by atoms with Crippen molar-refractivity contribution in [3.63, 3.8) is 0 Å². The molecule has 3 aliphatic carbocycles. The summed E-state index contributed by atoms with van der Waals surface area (Å²) in [5, 5.41) is 0. The second-order valence-corrected chi connectivity index (χ2v) is 10.9. The number of ether oxygens (including phenoxy) is 2. The zero-order valence-electron chi connectivity index (χ0n) is 20.7. The largest absolute Gasteiger partial charge is 0.491 e. The van der Waals surface area contributed by atoms with E-state index in [1.807, 2.05) is 0 Å². The summed E-state index contributed by atoms with van der Waals surface area (Å²) in [6, 6.07) is 2.03. The van der Waals surface area contributed by atoms with Crippen LogP contribution in [0.15, 0.2) is 24.3 Å². The van der Waals surface area contributed by atoms with E-state index < -0.39 is 17.4 Å². The van der Waals surface area contributed by atoms with Gasteiger partial charge in [0.25, 0.3) is 0 Å². The van der Waals surface area contributed by atoms with Gasteiger partial charge in [-0.2, -0.15) is 0 Å². The Morgan fingerprint density at radius 1 is 0.912 bits per heavy atom. The van der Waals surface area contributed by atoms with E-state index in [9.17, 15) is 13.6 Å². The lowest BCUT2D eigenvalue weighted by Crippen LogP contribution is -2.35. The number of allylic oxidation sites excluding steroid dienone is 2. The summed E-state index contributed by atoms with van der Waals surface area (Å²) < 4.78 is 37.8. The number of benzene rings is 1. The first-order chi connectivity index (χ1) is 16.5. The standard InChI is InChI=1S/C29H40F2O3/c1-3-4-5-6-19-7-8-24-16-23(14-13-22(24)15-19)20-9-11-21(12-10-20)29(32)34-25-17-26(30)28(33-2)27(31)18-25/h3-4,17-24H,5-16H2,1-2H3/b4-3+. The Morgan fingerprint density at radius 2 is 1.50 bits per heavy atom. The van der Waals surface area contributed by atoms with E-state index in [1.165, 1.54) is 58.5 Å². The number of fused-ring (bicyclic) bond motifs is 1. The third-order valence-corrected chi connectivity index (χ3v) is 8.91. The SMILES string of the molecule is C/C=C/CCC1CCC2CC(C3CCC(C(=O)Oc4cc(F)c(OC)c(F)c4)CC3)CCC2C1. The van der Waals surface area contributed by atoms with Crippen molar-refractivity contribution in [1.82, 2.24) is 0 Å². The lowest BCUT2D eigenvalue weighted by molar-refractivity contribution is -0.140. The van der Waals surface area contributed by atoms with Crippen LogP contribution >= 0.6 is 0 Å². The third kappa shape index (κ3) is 6.01. The summed E-state index contributed by atoms with van der Waals surface area (Å²) in [4.78, 5) is 12.6. The maximum absolute atomic E-state index is 13.9. The quantitative estimate of drug-likeness (QED) is 0.229. The van der Waals surface area contributed by atoms with Gasteiger partial charge in [0.2, 0.25) is 0 Å². The molecule has 3 nitrogen and oxygen atoms in total. The van der Waals surface area contributed by atoms with Crippen LogP contribution in [0.25, 0.3) is 0 Å². The molecule has 0 bridgehead atoms. The van der Waals surface area contributed by atoms with Crippen molar-refractivity contribution in [1.29, 1.82) is 0 Å². The molecule has 3 saturated carbocycles. The fraction of sp³-hybridized carbons (Fsp3) is 0.690. The molecule has 0 saturated heterocycles. The Kier molecular flexibility index (Phi) is 8.65. The zero-order chi connectivity index (χ0) is 24.1. The van der Waals surface area contributed by atoms with Crippen LogP contribution in [0.2, 0.25) is 0 Å². The van der Waals surface area contributed by atoms with E-state index in [2.05, 4.69) is 23.8 Å². The second-order valence-electron chi connectivity index (χ2n) is 10.9. The monoisotopic (exact) mass is 474 g/mol. The minimum atomic E-state index is -0.864. The van der Waals surface area contributed by atoms with Crippen LogP contribution < -0.4 is 9.47 Å². The van der Waals surface area contributed by atoms with E-state index in [1.54, 1.807) is 0 Å². The topological polar surface area (TPSA) is 35.5 Å². The van der Waals surface area contributed by atoms with Gasteiger partial charge in [-0.05, 0) is 107 Å². The number of methoxy groups -OCH3 is 1. The van der Waals surface area contributed by atoms with Crippen molar-refractivity contribution in [2.75, 3.05) is 7.11 Å². The highest BCUT2D eigenvalue weighted by molar-refractivity contribution is 5.75. The average molecular weight is 475 g/mol. The number of esters is 1. The Balaban J connectivity index is 1.23. The maximum atomic E-state index is 13.9. The predicted molar refractivity (Wildman–Crippen MR) is 130 cm³/mol. The molecule has 4 atom stereocenters. The molecule has 0 radical (unpaired) electrons. The van der Waals surface area contributed by atoms with Crippen molar-refractivity contribution in [3.8, 4) is 11.5 Å². The van der Waals surface area contributed by atoms with Gasteiger partial charge >= 0.3 is 5.97 Å². The highest BCUT2D eigenvalue weighted by atomic mass is 19.1. The Morgan fingerprint density at radius 3 is 2.15 bits per heavy atom. The number of rotatable bonds is 7. The molecule has 188 valence electrons. The van der Waals surface area contributed by atoms with Crippen molar-refractivity contribution in [2.45, 2.75) is 84.0 Å². The highest BCUT2D eigenvalue weighted by Crippen LogP contribution is 2.49. The summed E-state index contributed by atoms with van der Waals surface area (Å²) in [7, 11) is 1.20. The van der Waals surface area contributed by atoms with E-state index in [0.717, 1.165) is 61.5 Å². The van der Waals surface area contributed by atoms with Crippen LogP contribution in [0, 0.1) is 47.1 Å². The van der Waals surface area contributed by atoms with Crippen molar-refractivity contribution in [3.05, 3.63) is 35.9 Å². The molecule has 0 aliphatic heterocycles. The summed E-state index contributed by atoms with van der Waals surface area (Å²) in [5.74, 6) is 1.40. The second kappa shape index (κ2) is 11.7. The molecule has 5 heteroatoms. The number of carbonyl (C=O) groups excluding carboxylic acids is 1. The minimum absolute atomic E-state index is 0.0948. The molecule has 0 amide bonds. The molecule has 4 rings (SSSR count). The van der Waals surface area contributed by atoms with Gasteiger partial charge in [0.15, 0.2) is 17.4 Å². The van der Waals surface area contributed by atoms with Gasteiger partial charge in [-0.3, -0.25) is 4.79 Å². The highest BCUT2D eigenvalue weighted by Gasteiger charge is 2.39.